The van der Waals surface area contributed by atoms with Gasteiger partial charge in [0.05, 0.1) is 5.69 Å². The molecular formula is C30H27F3N6O2S. The molecule has 0 radical (unpaired) electrons. The van der Waals surface area contributed by atoms with Crippen molar-refractivity contribution in [1.82, 2.24) is 20.1 Å². The van der Waals surface area contributed by atoms with Gasteiger partial charge in [0.1, 0.15) is 12.1 Å². The molecule has 216 valence electrons. The van der Waals surface area contributed by atoms with Crippen LogP contribution >= 0.6 is 11.8 Å². The Morgan fingerprint density at radius 2 is 1.74 bits per heavy atom. The number of carbonyl (C=O) groups is 1. The maximum atomic E-state index is 12.7. The van der Waals surface area contributed by atoms with Gasteiger partial charge in [0.25, 0.3) is 0 Å². The zero-order valence-corrected chi connectivity index (χ0v) is 23.8. The van der Waals surface area contributed by atoms with Crippen LogP contribution in [0, 0.1) is 13.8 Å². The molecule has 0 bridgehead atoms. The lowest BCUT2D eigenvalue weighted by Crippen LogP contribution is -2.27. The summed E-state index contributed by atoms with van der Waals surface area (Å²) < 4.78 is 42.6. The highest BCUT2D eigenvalue weighted by Crippen LogP contribution is 2.31. The van der Waals surface area contributed by atoms with Gasteiger partial charge in [0.15, 0.2) is 11.0 Å². The zero-order chi connectivity index (χ0) is 29.9. The minimum atomic E-state index is -4.75. The number of nitrogens with zero attached hydrogens (tertiary/aromatic N) is 5. The number of aromatic nitrogens is 3. The van der Waals surface area contributed by atoms with Crippen LogP contribution in [0.15, 0.2) is 84.2 Å². The van der Waals surface area contributed by atoms with Gasteiger partial charge in [-0.25, -0.2) is 14.5 Å². The van der Waals surface area contributed by atoms with E-state index >= 15 is 0 Å². The number of hydrogen-bond donors (Lipinski definition) is 1. The number of hydrogen-bond acceptors (Lipinski definition) is 5. The van der Waals surface area contributed by atoms with Crippen molar-refractivity contribution in [3.63, 3.8) is 0 Å². The number of halogens is 3. The molecule has 4 aromatic rings. The topological polar surface area (TPSA) is 84.6 Å². The number of alkyl halides is 3. The SMILES string of the molecule is C/C(=C\NC(=O)/N=C1\SCCN1c1c(C)cccc1C)c1ccc(-c2ncn(-c3ccc(OC(F)(F)F)cc3)n2)cc1. The van der Waals surface area contributed by atoms with Gasteiger partial charge in [-0.3, -0.25) is 0 Å². The van der Waals surface area contributed by atoms with Crippen LogP contribution in [0.5, 0.6) is 5.75 Å². The van der Waals surface area contributed by atoms with E-state index in [0.717, 1.165) is 45.8 Å². The number of urea groups is 1. The van der Waals surface area contributed by atoms with Crippen LogP contribution in [0.2, 0.25) is 0 Å². The van der Waals surface area contributed by atoms with E-state index in [2.05, 4.69) is 56.0 Å². The predicted octanol–water partition coefficient (Wildman–Crippen LogP) is 7.13. The number of allylic oxidation sites excluding steroid dienone is 1. The van der Waals surface area contributed by atoms with Crippen LogP contribution in [0.1, 0.15) is 23.6 Å². The van der Waals surface area contributed by atoms with Crippen LogP contribution in [-0.2, 0) is 0 Å². The molecule has 8 nitrogen and oxygen atoms in total. The second kappa shape index (κ2) is 12.1. The monoisotopic (exact) mass is 592 g/mol. The number of ether oxygens (including phenoxy) is 1. The minimum Gasteiger partial charge on any atom is -0.406 e. The molecule has 0 saturated carbocycles. The molecule has 1 fully saturated rings. The summed E-state index contributed by atoms with van der Waals surface area (Å²) >= 11 is 1.56. The number of rotatable bonds is 6. The summed E-state index contributed by atoms with van der Waals surface area (Å²) in [5, 5.41) is 7.87. The van der Waals surface area contributed by atoms with Crippen molar-refractivity contribution in [1.29, 1.82) is 0 Å². The van der Waals surface area contributed by atoms with Gasteiger partial charge in [0, 0.05) is 29.7 Å². The highest BCUT2D eigenvalue weighted by molar-refractivity contribution is 8.14. The van der Waals surface area contributed by atoms with Crippen molar-refractivity contribution in [3.05, 3.63) is 95.9 Å². The van der Waals surface area contributed by atoms with E-state index in [9.17, 15) is 18.0 Å². The molecule has 3 aromatic carbocycles. The Morgan fingerprint density at radius 3 is 2.40 bits per heavy atom. The van der Waals surface area contributed by atoms with E-state index in [-0.39, 0.29) is 5.75 Å². The summed E-state index contributed by atoms with van der Waals surface area (Å²) in [4.78, 5) is 23.4. The van der Waals surface area contributed by atoms with E-state index in [4.69, 9.17) is 0 Å². The number of para-hydroxylation sites is 1. The van der Waals surface area contributed by atoms with Crippen molar-refractivity contribution in [2.75, 3.05) is 17.2 Å². The number of aryl methyl sites for hydroxylation is 2. The standard InChI is InChI=1S/C30H27F3N6O2S/c1-19-5-4-6-20(2)26(19)38-15-16-42-29(38)36-28(40)34-17-21(3)22-7-9-23(10-8-22)27-35-18-39(37-27)24-11-13-25(14-12-24)41-30(31,32)33/h4-14,17-18H,15-16H2,1-3H3,(H,34,40)/b21-17+,36-29-. The summed E-state index contributed by atoms with van der Waals surface area (Å²) in [5.41, 5.74) is 6.38. The maximum absolute atomic E-state index is 12.7. The van der Waals surface area contributed by atoms with Crippen LogP contribution in [0.25, 0.3) is 22.6 Å². The zero-order valence-electron chi connectivity index (χ0n) is 23.0. The molecule has 1 aliphatic rings. The Kier molecular flexibility index (Phi) is 8.34. The number of anilines is 1. The fraction of sp³-hybridized carbons (Fsp3) is 0.200. The second-order valence-corrected chi connectivity index (χ2v) is 10.6. The Hall–Kier alpha value is -4.58. The Balaban J connectivity index is 1.22. The molecule has 1 aliphatic heterocycles. The van der Waals surface area contributed by atoms with E-state index in [1.807, 2.05) is 37.3 Å². The molecule has 42 heavy (non-hydrogen) atoms. The van der Waals surface area contributed by atoms with Crippen molar-refractivity contribution in [3.8, 4) is 22.8 Å². The molecule has 1 saturated heterocycles. The highest BCUT2D eigenvalue weighted by Gasteiger charge is 2.31. The van der Waals surface area contributed by atoms with Gasteiger partial charge in [-0.15, -0.1) is 18.3 Å². The van der Waals surface area contributed by atoms with Crippen molar-refractivity contribution in [2.45, 2.75) is 27.1 Å². The van der Waals surface area contributed by atoms with Crippen molar-refractivity contribution >= 4 is 34.2 Å². The lowest BCUT2D eigenvalue weighted by Gasteiger charge is -2.22. The van der Waals surface area contributed by atoms with Gasteiger partial charge in [-0.05, 0) is 67.3 Å². The first-order valence-electron chi connectivity index (χ1n) is 13.0. The van der Waals surface area contributed by atoms with E-state index in [1.54, 1.807) is 18.0 Å². The first kappa shape index (κ1) is 28.9. The molecule has 2 amide bonds. The van der Waals surface area contributed by atoms with Crippen molar-refractivity contribution < 1.29 is 22.7 Å². The Labute approximate surface area is 244 Å². The third-order valence-corrected chi connectivity index (χ3v) is 7.48. The number of aliphatic imine (C=N–C) groups is 1. The predicted molar refractivity (Wildman–Crippen MR) is 159 cm³/mol. The number of amides is 2. The molecule has 1 N–H and O–H groups in total. The van der Waals surface area contributed by atoms with Crippen LogP contribution in [0.3, 0.4) is 0 Å². The average molecular weight is 593 g/mol. The largest absolute Gasteiger partial charge is 0.573 e. The second-order valence-electron chi connectivity index (χ2n) is 9.54. The number of amidine groups is 1. The van der Waals surface area contributed by atoms with Gasteiger partial charge in [0.2, 0.25) is 0 Å². The molecule has 0 aliphatic carbocycles. The Morgan fingerprint density at radius 1 is 1.05 bits per heavy atom. The van der Waals surface area contributed by atoms with Gasteiger partial charge in [-0.1, -0.05) is 54.2 Å². The summed E-state index contributed by atoms with van der Waals surface area (Å²) in [5.74, 6) is 0.994. The minimum absolute atomic E-state index is 0.314. The van der Waals surface area contributed by atoms with Crippen LogP contribution in [0.4, 0.5) is 23.7 Å². The lowest BCUT2D eigenvalue weighted by atomic mass is 10.1. The summed E-state index contributed by atoms with van der Waals surface area (Å²) in [7, 11) is 0. The molecule has 5 rings (SSSR count). The third-order valence-electron chi connectivity index (χ3n) is 6.52. The summed E-state index contributed by atoms with van der Waals surface area (Å²) in [6.45, 7) is 6.79. The van der Waals surface area contributed by atoms with Crippen LogP contribution < -0.4 is 15.0 Å². The number of thioether (sulfide) groups is 1. The maximum Gasteiger partial charge on any atom is 0.573 e. The summed E-state index contributed by atoms with van der Waals surface area (Å²) in [6.07, 6.45) is -1.64. The van der Waals surface area contributed by atoms with E-state index in [1.165, 1.54) is 35.3 Å². The molecule has 0 spiro atoms. The smallest absolute Gasteiger partial charge is 0.406 e. The molecule has 12 heteroatoms. The fourth-order valence-corrected chi connectivity index (χ4v) is 5.45. The number of carbonyl (C=O) groups excluding carboxylic acids is 1. The summed E-state index contributed by atoms with van der Waals surface area (Å²) in [6, 6.07) is 18.5. The molecule has 2 heterocycles. The van der Waals surface area contributed by atoms with Gasteiger partial charge >= 0.3 is 12.4 Å². The Bertz CT molecular complexity index is 1630. The normalized spacial score (nSPS) is 14.9. The molecule has 1 aromatic heterocycles. The third kappa shape index (κ3) is 6.82. The number of nitrogens with one attached hydrogen (secondary N) is 1. The van der Waals surface area contributed by atoms with E-state index < -0.39 is 12.4 Å². The number of benzene rings is 3. The van der Waals surface area contributed by atoms with Gasteiger partial charge < -0.3 is 15.0 Å². The van der Waals surface area contributed by atoms with Gasteiger partial charge in [-0.2, -0.15) is 4.99 Å². The fourth-order valence-electron chi connectivity index (χ4n) is 4.51. The van der Waals surface area contributed by atoms with E-state index in [0.29, 0.717) is 16.7 Å². The molecule has 0 atom stereocenters. The molecule has 0 unspecified atom stereocenters. The average Bonchev–Trinajstić information content (AvgIpc) is 3.62. The highest BCUT2D eigenvalue weighted by atomic mass is 32.2. The lowest BCUT2D eigenvalue weighted by molar-refractivity contribution is -0.274. The van der Waals surface area contributed by atoms with Crippen molar-refractivity contribution in [2.24, 2.45) is 4.99 Å². The molecular weight excluding hydrogens is 565 g/mol. The quantitative estimate of drug-likeness (QED) is 0.257. The first-order valence-corrected chi connectivity index (χ1v) is 14.0. The first-order chi connectivity index (χ1) is 20.1. The van der Waals surface area contributed by atoms with Crippen LogP contribution in [-0.4, -0.2) is 44.6 Å².